The summed E-state index contributed by atoms with van der Waals surface area (Å²) >= 11 is 0. The van der Waals surface area contributed by atoms with Crippen molar-refractivity contribution in [3.05, 3.63) is 42.0 Å². The molecule has 94 valence electrons. The molecule has 0 heterocycles. The molecule has 0 amide bonds. The zero-order valence-electron chi connectivity index (χ0n) is 11.1. The first-order valence-corrected chi connectivity index (χ1v) is 6.39. The molecule has 2 heteroatoms. The molecular weight excluding hydrogens is 210 g/mol. The van der Waals surface area contributed by atoms with Crippen LogP contribution >= 0.6 is 0 Å². The number of hydrogen-bond acceptors (Lipinski definition) is 2. The second kappa shape index (κ2) is 7.91. The van der Waals surface area contributed by atoms with Gasteiger partial charge in [-0.15, -0.1) is 0 Å². The maximum absolute atomic E-state index is 5.78. The van der Waals surface area contributed by atoms with Crippen LogP contribution in [0.5, 0.6) is 5.75 Å². The molecule has 1 unspecified atom stereocenters. The minimum atomic E-state index is 0.377. The van der Waals surface area contributed by atoms with E-state index in [2.05, 4.69) is 31.3 Å². The van der Waals surface area contributed by atoms with Gasteiger partial charge in [-0.1, -0.05) is 44.2 Å². The van der Waals surface area contributed by atoms with Crippen LogP contribution in [0.1, 0.15) is 38.8 Å². The Kier molecular flexibility index (Phi) is 6.41. The number of benzene rings is 1. The Labute approximate surface area is 105 Å². The third-order valence-electron chi connectivity index (χ3n) is 2.72. The van der Waals surface area contributed by atoms with Crippen LogP contribution in [0.25, 0.3) is 0 Å². The molecule has 0 aromatic heterocycles. The van der Waals surface area contributed by atoms with Crippen LogP contribution in [0.4, 0.5) is 0 Å². The summed E-state index contributed by atoms with van der Waals surface area (Å²) in [6.45, 7) is 7.93. The lowest BCUT2D eigenvalue weighted by molar-refractivity contribution is 0.351. The van der Waals surface area contributed by atoms with E-state index in [0.717, 1.165) is 18.7 Å². The lowest BCUT2D eigenvalue weighted by atomic mass is 10.0. The SMILES string of the molecule is C/C=C/COc1ccccc1C(CC)NCC. The standard InChI is InChI=1S/C15H23NO/c1-4-7-12-17-15-11-9-8-10-13(15)14(5-2)16-6-3/h4,7-11,14,16H,5-6,12H2,1-3H3/b7-4+. The Balaban J connectivity index is 2.81. The molecule has 1 N–H and O–H groups in total. The molecule has 0 spiro atoms. The molecule has 1 aromatic rings. The van der Waals surface area contributed by atoms with E-state index in [-0.39, 0.29) is 0 Å². The van der Waals surface area contributed by atoms with Crippen molar-refractivity contribution in [1.29, 1.82) is 0 Å². The molecule has 1 atom stereocenters. The number of para-hydroxylation sites is 1. The molecule has 0 aliphatic rings. The predicted molar refractivity (Wildman–Crippen MR) is 73.5 cm³/mol. The fourth-order valence-electron chi connectivity index (χ4n) is 1.85. The van der Waals surface area contributed by atoms with Gasteiger partial charge in [0.1, 0.15) is 12.4 Å². The molecule has 0 fully saturated rings. The van der Waals surface area contributed by atoms with Crippen molar-refractivity contribution in [2.45, 2.75) is 33.2 Å². The minimum absolute atomic E-state index is 0.377. The minimum Gasteiger partial charge on any atom is -0.489 e. The highest BCUT2D eigenvalue weighted by atomic mass is 16.5. The molecule has 0 bridgehead atoms. The summed E-state index contributed by atoms with van der Waals surface area (Å²) in [6, 6.07) is 8.65. The second-order valence-electron chi connectivity index (χ2n) is 3.94. The van der Waals surface area contributed by atoms with E-state index in [1.807, 2.05) is 31.2 Å². The number of ether oxygens (including phenoxy) is 1. The molecule has 1 aromatic carbocycles. The summed E-state index contributed by atoms with van der Waals surface area (Å²) in [5.41, 5.74) is 1.25. The molecule has 0 radical (unpaired) electrons. The van der Waals surface area contributed by atoms with Gasteiger partial charge in [0.15, 0.2) is 0 Å². The Morgan fingerprint density at radius 1 is 1.29 bits per heavy atom. The van der Waals surface area contributed by atoms with Gasteiger partial charge in [0, 0.05) is 11.6 Å². The zero-order chi connectivity index (χ0) is 12.5. The van der Waals surface area contributed by atoms with Gasteiger partial charge >= 0.3 is 0 Å². The van der Waals surface area contributed by atoms with E-state index < -0.39 is 0 Å². The smallest absolute Gasteiger partial charge is 0.124 e. The van der Waals surface area contributed by atoms with E-state index in [0.29, 0.717) is 12.6 Å². The Morgan fingerprint density at radius 2 is 2.06 bits per heavy atom. The summed E-state index contributed by atoms with van der Waals surface area (Å²) in [5, 5.41) is 3.48. The van der Waals surface area contributed by atoms with E-state index in [9.17, 15) is 0 Å². The third-order valence-corrected chi connectivity index (χ3v) is 2.72. The average Bonchev–Trinajstić information content (AvgIpc) is 2.37. The van der Waals surface area contributed by atoms with Crippen molar-refractivity contribution < 1.29 is 4.74 Å². The second-order valence-corrected chi connectivity index (χ2v) is 3.94. The van der Waals surface area contributed by atoms with Gasteiger partial charge in [0.25, 0.3) is 0 Å². The number of nitrogens with one attached hydrogen (secondary N) is 1. The van der Waals surface area contributed by atoms with Crippen LogP contribution < -0.4 is 10.1 Å². The van der Waals surface area contributed by atoms with Crippen molar-refractivity contribution in [3.8, 4) is 5.75 Å². The number of hydrogen-bond donors (Lipinski definition) is 1. The van der Waals surface area contributed by atoms with Crippen molar-refractivity contribution in [3.63, 3.8) is 0 Å². The Morgan fingerprint density at radius 3 is 2.71 bits per heavy atom. The highest BCUT2D eigenvalue weighted by Crippen LogP contribution is 2.26. The topological polar surface area (TPSA) is 21.3 Å². The summed E-state index contributed by atoms with van der Waals surface area (Å²) in [5.74, 6) is 0.985. The molecule has 1 rings (SSSR count). The van der Waals surface area contributed by atoms with Gasteiger partial charge in [-0.2, -0.15) is 0 Å². The van der Waals surface area contributed by atoms with Gasteiger partial charge in [-0.25, -0.2) is 0 Å². The number of rotatable bonds is 7. The summed E-state index contributed by atoms with van der Waals surface area (Å²) in [6.07, 6.45) is 5.09. The van der Waals surface area contributed by atoms with E-state index in [1.165, 1.54) is 5.56 Å². The van der Waals surface area contributed by atoms with E-state index in [4.69, 9.17) is 4.74 Å². The summed E-state index contributed by atoms with van der Waals surface area (Å²) in [7, 11) is 0. The molecule has 0 saturated heterocycles. The van der Waals surface area contributed by atoms with Gasteiger partial charge in [0.2, 0.25) is 0 Å². The van der Waals surface area contributed by atoms with Crippen LogP contribution in [0.2, 0.25) is 0 Å². The van der Waals surface area contributed by atoms with Gasteiger partial charge in [0.05, 0.1) is 0 Å². The maximum atomic E-state index is 5.78. The van der Waals surface area contributed by atoms with Crippen LogP contribution in [-0.2, 0) is 0 Å². The quantitative estimate of drug-likeness (QED) is 0.725. The molecule has 0 aliphatic heterocycles. The van der Waals surface area contributed by atoms with Crippen LogP contribution in [0.15, 0.2) is 36.4 Å². The first-order valence-electron chi connectivity index (χ1n) is 6.39. The normalized spacial score (nSPS) is 12.9. The first kappa shape index (κ1) is 13.8. The van der Waals surface area contributed by atoms with Crippen molar-refractivity contribution in [2.24, 2.45) is 0 Å². The maximum Gasteiger partial charge on any atom is 0.124 e. The van der Waals surface area contributed by atoms with Crippen LogP contribution in [-0.4, -0.2) is 13.2 Å². The third kappa shape index (κ3) is 4.23. The van der Waals surface area contributed by atoms with Crippen molar-refractivity contribution >= 4 is 0 Å². The van der Waals surface area contributed by atoms with Gasteiger partial charge in [-0.05, 0) is 26.0 Å². The van der Waals surface area contributed by atoms with Crippen molar-refractivity contribution in [2.75, 3.05) is 13.2 Å². The lowest BCUT2D eigenvalue weighted by Gasteiger charge is -2.19. The van der Waals surface area contributed by atoms with Crippen LogP contribution in [0, 0.1) is 0 Å². The van der Waals surface area contributed by atoms with E-state index in [1.54, 1.807) is 0 Å². The molecule has 2 nitrogen and oxygen atoms in total. The van der Waals surface area contributed by atoms with Gasteiger partial charge in [-0.3, -0.25) is 0 Å². The Hall–Kier alpha value is -1.28. The van der Waals surface area contributed by atoms with Gasteiger partial charge < -0.3 is 10.1 Å². The zero-order valence-corrected chi connectivity index (χ0v) is 11.1. The lowest BCUT2D eigenvalue weighted by Crippen LogP contribution is -2.20. The first-order chi connectivity index (χ1) is 8.33. The predicted octanol–water partition coefficient (Wildman–Crippen LogP) is 3.70. The summed E-state index contributed by atoms with van der Waals surface area (Å²) in [4.78, 5) is 0. The monoisotopic (exact) mass is 233 g/mol. The fourth-order valence-corrected chi connectivity index (χ4v) is 1.85. The highest BCUT2D eigenvalue weighted by molar-refractivity contribution is 5.36. The molecule has 0 aliphatic carbocycles. The molecule has 17 heavy (non-hydrogen) atoms. The van der Waals surface area contributed by atoms with Crippen LogP contribution in [0.3, 0.4) is 0 Å². The van der Waals surface area contributed by atoms with Crippen molar-refractivity contribution in [1.82, 2.24) is 5.32 Å². The molecule has 0 saturated carbocycles. The Bertz CT molecular complexity index is 347. The number of allylic oxidation sites excluding steroid dienone is 1. The molecular formula is C15H23NO. The highest BCUT2D eigenvalue weighted by Gasteiger charge is 2.12. The fraction of sp³-hybridized carbons (Fsp3) is 0.467. The summed E-state index contributed by atoms with van der Waals surface area (Å²) < 4.78 is 5.78. The average molecular weight is 233 g/mol. The largest absolute Gasteiger partial charge is 0.489 e. The van der Waals surface area contributed by atoms with E-state index >= 15 is 0 Å².